The van der Waals surface area contributed by atoms with Gasteiger partial charge in [0.2, 0.25) is 5.91 Å². The number of aromatic nitrogens is 3. The second kappa shape index (κ2) is 6.51. The van der Waals surface area contributed by atoms with Crippen molar-refractivity contribution in [3.05, 3.63) is 47.1 Å². The molecule has 0 atom stereocenters. The van der Waals surface area contributed by atoms with Crippen LogP contribution in [0.4, 0.5) is 0 Å². The molecule has 0 saturated carbocycles. The molecule has 4 rings (SSSR count). The van der Waals surface area contributed by atoms with E-state index in [1.807, 2.05) is 30.3 Å². The van der Waals surface area contributed by atoms with E-state index < -0.39 is 5.76 Å². The van der Waals surface area contributed by atoms with Crippen molar-refractivity contribution in [1.82, 2.24) is 19.7 Å². The van der Waals surface area contributed by atoms with Gasteiger partial charge in [-0.3, -0.25) is 9.78 Å². The first-order valence-corrected chi connectivity index (χ1v) is 8.42. The highest BCUT2D eigenvalue weighted by Gasteiger charge is 2.20. The lowest BCUT2D eigenvalue weighted by Gasteiger charge is -2.26. The van der Waals surface area contributed by atoms with E-state index in [1.54, 1.807) is 11.1 Å². The van der Waals surface area contributed by atoms with E-state index in [9.17, 15) is 9.59 Å². The number of piperidine rings is 1. The molecule has 7 nitrogen and oxygen atoms in total. The Kier molecular flexibility index (Phi) is 4.05. The van der Waals surface area contributed by atoms with Crippen LogP contribution in [0.1, 0.15) is 19.3 Å². The van der Waals surface area contributed by atoms with Crippen LogP contribution in [0, 0.1) is 0 Å². The number of hydrogen-bond donors (Lipinski definition) is 0. The molecule has 0 radical (unpaired) electrons. The average molecular weight is 338 g/mol. The average Bonchev–Trinajstić information content (AvgIpc) is 3.02. The highest BCUT2D eigenvalue weighted by Crippen LogP contribution is 2.24. The van der Waals surface area contributed by atoms with Crippen molar-refractivity contribution in [2.45, 2.75) is 25.8 Å². The second-order valence-electron chi connectivity index (χ2n) is 6.15. The van der Waals surface area contributed by atoms with Crippen LogP contribution in [0.15, 0.2) is 45.7 Å². The van der Waals surface area contributed by atoms with Gasteiger partial charge in [-0.2, -0.15) is 4.68 Å². The van der Waals surface area contributed by atoms with Gasteiger partial charge >= 0.3 is 5.76 Å². The molecule has 1 aliphatic rings. The number of carbonyl (C=O) groups is 1. The summed E-state index contributed by atoms with van der Waals surface area (Å²) in [7, 11) is 0. The number of likely N-dealkylation sites (tertiary alicyclic amines) is 1. The van der Waals surface area contributed by atoms with Gasteiger partial charge in [-0.15, -0.1) is 5.10 Å². The Balaban J connectivity index is 1.64. The summed E-state index contributed by atoms with van der Waals surface area (Å²) in [4.78, 5) is 30.5. The zero-order chi connectivity index (χ0) is 17.2. The molecule has 0 N–H and O–H groups in total. The van der Waals surface area contributed by atoms with Crippen LogP contribution < -0.4 is 5.76 Å². The highest BCUT2D eigenvalue weighted by atomic mass is 16.4. The first-order valence-electron chi connectivity index (χ1n) is 8.42. The van der Waals surface area contributed by atoms with Crippen molar-refractivity contribution in [3.8, 4) is 11.6 Å². The Hall–Kier alpha value is -2.96. The molecule has 1 amide bonds. The van der Waals surface area contributed by atoms with Crippen molar-refractivity contribution in [2.75, 3.05) is 13.1 Å². The topological polar surface area (TPSA) is 81.2 Å². The van der Waals surface area contributed by atoms with Gasteiger partial charge in [-0.1, -0.05) is 24.3 Å². The lowest BCUT2D eigenvalue weighted by molar-refractivity contribution is -0.133. The van der Waals surface area contributed by atoms with Crippen molar-refractivity contribution in [1.29, 1.82) is 0 Å². The molecule has 3 heterocycles. The molecule has 0 aliphatic carbocycles. The van der Waals surface area contributed by atoms with E-state index in [0.717, 1.165) is 47.8 Å². The summed E-state index contributed by atoms with van der Waals surface area (Å²) in [5.41, 5.74) is 0.499. The van der Waals surface area contributed by atoms with E-state index >= 15 is 0 Å². The summed E-state index contributed by atoms with van der Waals surface area (Å²) >= 11 is 0. The van der Waals surface area contributed by atoms with Crippen molar-refractivity contribution in [3.63, 3.8) is 0 Å². The number of pyridine rings is 1. The van der Waals surface area contributed by atoms with E-state index in [4.69, 9.17) is 4.42 Å². The van der Waals surface area contributed by atoms with Gasteiger partial charge in [0.1, 0.15) is 12.2 Å². The minimum absolute atomic E-state index is 0.104. The van der Waals surface area contributed by atoms with Crippen LogP contribution >= 0.6 is 0 Å². The van der Waals surface area contributed by atoms with Gasteiger partial charge in [0.25, 0.3) is 5.89 Å². The Morgan fingerprint density at radius 2 is 1.92 bits per heavy atom. The van der Waals surface area contributed by atoms with E-state index in [-0.39, 0.29) is 18.3 Å². The van der Waals surface area contributed by atoms with Crippen molar-refractivity contribution >= 4 is 16.7 Å². The maximum Gasteiger partial charge on any atom is 0.437 e. The van der Waals surface area contributed by atoms with E-state index in [0.29, 0.717) is 5.69 Å². The van der Waals surface area contributed by atoms with Crippen LogP contribution in [0.2, 0.25) is 0 Å². The molecule has 1 aromatic carbocycles. The number of rotatable bonds is 3. The van der Waals surface area contributed by atoms with Crippen LogP contribution in [-0.2, 0) is 11.3 Å². The SMILES string of the molecule is O=C(Cn1nc(-c2nccc3ccccc23)oc1=O)N1CCCCC1. The van der Waals surface area contributed by atoms with Crippen LogP contribution in [0.25, 0.3) is 22.4 Å². The standard InChI is InChI=1S/C18H18N4O3/c23-15(21-10-4-1-5-11-21)12-22-18(24)25-17(20-22)16-14-7-3-2-6-13(14)8-9-19-16/h2-3,6-9H,1,4-5,10-12H2. The lowest BCUT2D eigenvalue weighted by Crippen LogP contribution is -2.39. The van der Waals surface area contributed by atoms with Crippen molar-refractivity contribution in [2.24, 2.45) is 0 Å². The zero-order valence-electron chi connectivity index (χ0n) is 13.7. The highest BCUT2D eigenvalue weighted by molar-refractivity contribution is 5.92. The van der Waals surface area contributed by atoms with Gasteiger partial charge in [0.05, 0.1) is 0 Å². The molecular weight excluding hydrogens is 320 g/mol. The Labute approximate surface area is 143 Å². The molecule has 25 heavy (non-hydrogen) atoms. The number of nitrogens with zero attached hydrogens (tertiary/aromatic N) is 4. The first kappa shape index (κ1) is 15.6. The predicted octanol–water partition coefficient (Wildman–Crippen LogP) is 2.06. The van der Waals surface area contributed by atoms with Crippen LogP contribution in [0.5, 0.6) is 0 Å². The van der Waals surface area contributed by atoms with Gasteiger partial charge < -0.3 is 9.32 Å². The number of amides is 1. The van der Waals surface area contributed by atoms with Gasteiger partial charge in [0, 0.05) is 24.7 Å². The second-order valence-corrected chi connectivity index (χ2v) is 6.15. The molecule has 7 heteroatoms. The summed E-state index contributed by atoms with van der Waals surface area (Å²) in [5.74, 6) is -0.615. The molecule has 0 bridgehead atoms. The van der Waals surface area contributed by atoms with E-state index in [1.165, 1.54) is 0 Å². The smallest absolute Gasteiger partial charge is 0.386 e. The number of benzene rings is 1. The molecule has 1 aliphatic heterocycles. The maximum absolute atomic E-state index is 12.3. The fourth-order valence-corrected chi connectivity index (χ4v) is 3.16. The Morgan fingerprint density at radius 3 is 2.76 bits per heavy atom. The molecule has 3 aromatic rings. The summed E-state index contributed by atoms with van der Waals surface area (Å²) in [6, 6.07) is 9.56. The first-order chi connectivity index (χ1) is 12.2. The van der Waals surface area contributed by atoms with Crippen LogP contribution in [0.3, 0.4) is 0 Å². The third-order valence-electron chi connectivity index (χ3n) is 4.48. The van der Waals surface area contributed by atoms with Gasteiger partial charge in [0.15, 0.2) is 0 Å². The van der Waals surface area contributed by atoms with E-state index in [2.05, 4.69) is 10.1 Å². The molecule has 0 unspecified atom stereocenters. The summed E-state index contributed by atoms with van der Waals surface area (Å²) in [6.07, 6.45) is 4.80. The minimum Gasteiger partial charge on any atom is -0.386 e. The number of carbonyl (C=O) groups excluding carboxylic acids is 1. The molecule has 0 spiro atoms. The Morgan fingerprint density at radius 1 is 1.12 bits per heavy atom. The third-order valence-corrected chi connectivity index (χ3v) is 4.48. The monoisotopic (exact) mass is 338 g/mol. The fourth-order valence-electron chi connectivity index (χ4n) is 3.16. The minimum atomic E-state index is -0.643. The summed E-state index contributed by atoms with van der Waals surface area (Å²) in [5, 5.41) is 6.02. The van der Waals surface area contributed by atoms with Gasteiger partial charge in [-0.25, -0.2) is 4.79 Å². The maximum atomic E-state index is 12.3. The Bertz CT molecular complexity index is 964. The summed E-state index contributed by atoms with van der Waals surface area (Å²) in [6.45, 7) is 1.37. The molecule has 1 saturated heterocycles. The van der Waals surface area contributed by atoms with Gasteiger partial charge in [-0.05, 0) is 30.7 Å². The molecule has 2 aromatic heterocycles. The third kappa shape index (κ3) is 3.05. The quantitative estimate of drug-likeness (QED) is 0.730. The van der Waals surface area contributed by atoms with Crippen molar-refractivity contribution < 1.29 is 9.21 Å². The molecular formula is C18H18N4O3. The normalized spacial score (nSPS) is 14.8. The lowest BCUT2D eigenvalue weighted by atomic mass is 10.1. The number of hydrogen-bond acceptors (Lipinski definition) is 5. The zero-order valence-corrected chi connectivity index (χ0v) is 13.7. The predicted molar refractivity (Wildman–Crippen MR) is 91.9 cm³/mol. The summed E-state index contributed by atoms with van der Waals surface area (Å²) < 4.78 is 6.34. The molecule has 128 valence electrons. The largest absolute Gasteiger partial charge is 0.437 e. The fraction of sp³-hybridized carbons (Fsp3) is 0.333. The number of fused-ring (bicyclic) bond motifs is 1. The molecule has 1 fully saturated rings. The van der Waals surface area contributed by atoms with Crippen LogP contribution in [-0.4, -0.2) is 38.7 Å².